The van der Waals surface area contributed by atoms with Crippen molar-refractivity contribution in [2.45, 2.75) is 0 Å². The number of nitrogens with zero attached hydrogens (tertiary/aromatic N) is 4. The van der Waals surface area contributed by atoms with Crippen LogP contribution in [0.5, 0.6) is 0 Å². The number of hydrogen-bond acceptors (Lipinski definition) is 4. The summed E-state index contributed by atoms with van der Waals surface area (Å²) in [7, 11) is 0. The van der Waals surface area contributed by atoms with E-state index in [0.29, 0.717) is 16.7 Å². The molecule has 106 valence electrons. The van der Waals surface area contributed by atoms with Gasteiger partial charge in [-0.05, 0) is 24.3 Å². The first kappa shape index (κ1) is 12.5. The van der Waals surface area contributed by atoms with Gasteiger partial charge in [0.15, 0.2) is 0 Å². The van der Waals surface area contributed by atoms with Crippen molar-refractivity contribution >= 4 is 34.2 Å². The Morgan fingerprint density at radius 1 is 0.864 bits per heavy atom. The fraction of sp³-hybridized carbons (Fsp3) is 0. The molecule has 0 aliphatic carbocycles. The number of rotatable bonds is 2. The third-order valence-corrected chi connectivity index (χ3v) is 3.50. The number of anilines is 1. The molecular formula is C16H10N4O2. The largest absolute Gasteiger partial charge is 0.284 e. The van der Waals surface area contributed by atoms with E-state index in [2.05, 4.69) is 10.3 Å². The lowest BCUT2D eigenvalue weighted by atomic mass is 10.3. The third kappa shape index (κ3) is 1.74. The number of aromatic nitrogens is 3. The van der Waals surface area contributed by atoms with Crippen LogP contribution in [-0.4, -0.2) is 26.8 Å². The van der Waals surface area contributed by atoms with E-state index in [1.807, 2.05) is 18.2 Å². The van der Waals surface area contributed by atoms with E-state index in [1.165, 1.54) is 10.8 Å². The lowest BCUT2D eigenvalue weighted by Crippen LogP contribution is -2.31. The van der Waals surface area contributed by atoms with Crippen LogP contribution in [0.1, 0.15) is 0 Å². The minimum atomic E-state index is -0.410. The Kier molecular flexibility index (Phi) is 2.62. The SMILES string of the molecule is O=C1C=C(n2nnc3ccccc32)C(=O)N1c1ccccc1. The van der Waals surface area contributed by atoms with Gasteiger partial charge in [-0.2, -0.15) is 0 Å². The van der Waals surface area contributed by atoms with Crippen LogP contribution in [0.3, 0.4) is 0 Å². The highest BCUT2D eigenvalue weighted by Gasteiger charge is 2.34. The molecule has 2 amide bonds. The van der Waals surface area contributed by atoms with E-state index in [-0.39, 0.29) is 11.6 Å². The molecule has 0 atom stereocenters. The van der Waals surface area contributed by atoms with Crippen molar-refractivity contribution < 1.29 is 9.59 Å². The molecule has 0 fully saturated rings. The number of benzene rings is 2. The molecule has 22 heavy (non-hydrogen) atoms. The lowest BCUT2D eigenvalue weighted by Gasteiger charge is -2.14. The second-order valence-electron chi connectivity index (χ2n) is 4.83. The van der Waals surface area contributed by atoms with Gasteiger partial charge in [0.1, 0.15) is 11.2 Å². The number of imide groups is 1. The number of amides is 2. The summed E-state index contributed by atoms with van der Waals surface area (Å²) in [5, 5.41) is 8.00. The van der Waals surface area contributed by atoms with Crippen LogP contribution >= 0.6 is 0 Å². The van der Waals surface area contributed by atoms with E-state index in [9.17, 15) is 9.59 Å². The average molecular weight is 290 g/mol. The van der Waals surface area contributed by atoms with Gasteiger partial charge in [0.05, 0.1) is 11.2 Å². The van der Waals surface area contributed by atoms with Gasteiger partial charge in [0.25, 0.3) is 11.8 Å². The number of fused-ring (bicyclic) bond motifs is 1. The molecule has 0 radical (unpaired) electrons. The average Bonchev–Trinajstić information content (AvgIpc) is 3.09. The summed E-state index contributed by atoms with van der Waals surface area (Å²) in [5.74, 6) is -0.794. The zero-order chi connectivity index (χ0) is 15.1. The number of para-hydroxylation sites is 2. The van der Waals surface area contributed by atoms with Crippen LogP contribution < -0.4 is 4.90 Å². The van der Waals surface area contributed by atoms with Crippen molar-refractivity contribution in [3.8, 4) is 0 Å². The lowest BCUT2D eigenvalue weighted by molar-refractivity contribution is -0.119. The standard InChI is InChI=1S/C16H10N4O2/c21-15-10-14(16(22)19(15)11-6-2-1-3-7-11)20-13-9-5-4-8-12(13)17-18-20/h1-10H. The van der Waals surface area contributed by atoms with Gasteiger partial charge in [-0.15, -0.1) is 5.10 Å². The molecule has 1 aromatic heterocycles. The fourth-order valence-electron chi connectivity index (χ4n) is 2.48. The molecule has 1 aliphatic rings. The molecule has 2 aromatic carbocycles. The van der Waals surface area contributed by atoms with E-state index in [0.717, 1.165) is 4.90 Å². The smallest absolute Gasteiger partial charge is 0.269 e. The molecule has 0 N–H and O–H groups in total. The predicted octanol–water partition coefficient (Wildman–Crippen LogP) is 1.85. The Hall–Kier alpha value is -3.28. The van der Waals surface area contributed by atoms with Crippen LogP contribution in [0.2, 0.25) is 0 Å². The maximum absolute atomic E-state index is 12.6. The topological polar surface area (TPSA) is 68.1 Å². The van der Waals surface area contributed by atoms with E-state index < -0.39 is 5.91 Å². The molecule has 0 bridgehead atoms. The molecule has 1 aliphatic heterocycles. The minimum absolute atomic E-state index is 0.197. The van der Waals surface area contributed by atoms with Gasteiger partial charge >= 0.3 is 0 Å². The van der Waals surface area contributed by atoms with Gasteiger partial charge in [-0.25, -0.2) is 9.58 Å². The van der Waals surface area contributed by atoms with Crippen molar-refractivity contribution in [3.63, 3.8) is 0 Å². The maximum atomic E-state index is 12.6. The number of hydrogen-bond donors (Lipinski definition) is 0. The van der Waals surface area contributed by atoms with Crippen LogP contribution in [0.4, 0.5) is 5.69 Å². The number of carbonyl (C=O) groups excluding carboxylic acids is 2. The molecule has 6 nitrogen and oxygen atoms in total. The summed E-state index contributed by atoms with van der Waals surface area (Å²) < 4.78 is 1.40. The first-order valence-corrected chi connectivity index (χ1v) is 6.72. The summed E-state index contributed by atoms with van der Waals surface area (Å²) >= 11 is 0. The van der Waals surface area contributed by atoms with Crippen LogP contribution in [-0.2, 0) is 9.59 Å². The quantitative estimate of drug-likeness (QED) is 0.675. The summed E-state index contributed by atoms with van der Waals surface area (Å²) in [4.78, 5) is 25.9. The van der Waals surface area contributed by atoms with Gasteiger partial charge in [0.2, 0.25) is 0 Å². The highest BCUT2D eigenvalue weighted by atomic mass is 16.2. The molecular weight excluding hydrogens is 280 g/mol. The second-order valence-corrected chi connectivity index (χ2v) is 4.83. The Morgan fingerprint density at radius 2 is 1.59 bits per heavy atom. The molecule has 6 heteroatoms. The first-order chi connectivity index (χ1) is 10.8. The predicted molar refractivity (Wildman–Crippen MR) is 80.7 cm³/mol. The van der Waals surface area contributed by atoms with Crippen LogP contribution in [0.15, 0.2) is 60.7 Å². The Labute approximate surface area is 125 Å². The van der Waals surface area contributed by atoms with Crippen LogP contribution in [0, 0.1) is 0 Å². The first-order valence-electron chi connectivity index (χ1n) is 6.72. The third-order valence-electron chi connectivity index (χ3n) is 3.50. The van der Waals surface area contributed by atoms with Gasteiger partial charge < -0.3 is 0 Å². The van der Waals surface area contributed by atoms with Crippen molar-refractivity contribution in [1.82, 2.24) is 15.0 Å². The zero-order valence-corrected chi connectivity index (χ0v) is 11.4. The maximum Gasteiger partial charge on any atom is 0.284 e. The monoisotopic (exact) mass is 290 g/mol. The Morgan fingerprint density at radius 3 is 2.41 bits per heavy atom. The van der Waals surface area contributed by atoms with Crippen LogP contribution in [0.25, 0.3) is 16.7 Å². The van der Waals surface area contributed by atoms with Gasteiger partial charge in [-0.1, -0.05) is 35.5 Å². The Balaban J connectivity index is 1.80. The van der Waals surface area contributed by atoms with Crippen molar-refractivity contribution in [2.24, 2.45) is 0 Å². The van der Waals surface area contributed by atoms with Crippen molar-refractivity contribution in [2.75, 3.05) is 4.90 Å². The van der Waals surface area contributed by atoms with E-state index in [4.69, 9.17) is 0 Å². The molecule has 2 heterocycles. The van der Waals surface area contributed by atoms with Gasteiger partial charge in [-0.3, -0.25) is 9.59 Å². The molecule has 0 unspecified atom stereocenters. The molecule has 4 rings (SSSR count). The summed E-state index contributed by atoms with van der Waals surface area (Å²) in [6.45, 7) is 0. The zero-order valence-electron chi connectivity index (χ0n) is 11.4. The summed E-state index contributed by atoms with van der Waals surface area (Å²) in [6.07, 6.45) is 1.29. The van der Waals surface area contributed by atoms with Crippen molar-refractivity contribution in [1.29, 1.82) is 0 Å². The minimum Gasteiger partial charge on any atom is -0.269 e. The highest BCUT2D eigenvalue weighted by molar-refractivity contribution is 6.41. The fourth-order valence-corrected chi connectivity index (χ4v) is 2.48. The van der Waals surface area contributed by atoms with Gasteiger partial charge in [0, 0.05) is 6.08 Å². The molecule has 0 saturated heterocycles. The summed E-state index contributed by atoms with van der Waals surface area (Å²) in [6, 6.07) is 16.1. The molecule has 0 spiro atoms. The number of carbonyl (C=O) groups is 2. The Bertz CT molecular complexity index is 927. The van der Waals surface area contributed by atoms with E-state index in [1.54, 1.807) is 36.4 Å². The molecule has 3 aromatic rings. The normalized spacial score (nSPS) is 14.7. The van der Waals surface area contributed by atoms with Crippen molar-refractivity contribution in [3.05, 3.63) is 60.7 Å². The highest BCUT2D eigenvalue weighted by Crippen LogP contribution is 2.26. The molecule has 0 saturated carbocycles. The second kappa shape index (κ2) is 4.63. The summed E-state index contributed by atoms with van der Waals surface area (Å²) in [5.41, 5.74) is 2.09. The van der Waals surface area contributed by atoms with E-state index >= 15 is 0 Å².